The number of nitrogens with zero attached hydrogens (tertiary/aromatic N) is 2. The molecule has 26 heavy (non-hydrogen) atoms. The highest BCUT2D eigenvalue weighted by Gasteiger charge is 2.14. The minimum Gasteiger partial charge on any atom is -0.326 e. The number of hydrogen-bond acceptors (Lipinski definition) is 4. The van der Waals surface area contributed by atoms with Crippen LogP contribution in [-0.2, 0) is 11.2 Å². The molecule has 132 valence electrons. The van der Waals surface area contributed by atoms with Crippen molar-refractivity contribution in [1.82, 2.24) is 15.0 Å². The molecular formula is C20H20N4O2. The molecule has 0 spiro atoms. The predicted molar refractivity (Wildman–Crippen MR) is 101 cm³/mol. The second-order valence-electron chi connectivity index (χ2n) is 6.26. The smallest absolute Gasteiger partial charge is 0.255 e. The molecule has 3 aromatic rings. The van der Waals surface area contributed by atoms with Crippen molar-refractivity contribution in [2.75, 3.05) is 5.32 Å². The number of anilines is 1. The number of rotatable bonds is 4. The molecule has 0 aliphatic rings. The molecular weight excluding hydrogens is 328 g/mol. The van der Waals surface area contributed by atoms with Gasteiger partial charge < -0.3 is 10.3 Å². The average Bonchev–Trinajstić information content (AvgIpc) is 2.61. The van der Waals surface area contributed by atoms with Crippen LogP contribution in [0.2, 0.25) is 0 Å². The molecule has 0 aliphatic heterocycles. The second kappa shape index (κ2) is 7.31. The molecule has 2 aromatic heterocycles. The summed E-state index contributed by atoms with van der Waals surface area (Å²) in [6.07, 6.45) is 3.25. The van der Waals surface area contributed by atoms with E-state index in [0.717, 1.165) is 22.4 Å². The highest BCUT2D eigenvalue weighted by Crippen LogP contribution is 2.17. The number of pyridine rings is 1. The van der Waals surface area contributed by atoms with Gasteiger partial charge in [-0.3, -0.25) is 14.6 Å². The Bertz CT molecular complexity index is 1010. The maximum Gasteiger partial charge on any atom is 0.255 e. The molecule has 0 unspecified atom stereocenters. The summed E-state index contributed by atoms with van der Waals surface area (Å²) in [7, 11) is 0. The average molecular weight is 348 g/mol. The number of carbonyl (C=O) groups excluding carboxylic acids is 1. The maximum atomic E-state index is 12.4. The lowest BCUT2D eigenvalue weighted by Crippen LogP contribution is -2.24. The van der Waals surface area contributed by atoms with Crippen LogP contribution in [0.25, 0.3) is 11.4 Å². The van der Waals surface area contributed by atoms with Crippen LogP contribution in [0, 0.1) is 20.8 Å². The summed E-state index contributed by atoms with van der Waals surface area (Å²) >= 11 is 0. The maximum absolute atomic E-state index is 12.4. The van der Waals surface area contributed by atoms with Gasteiger partial charge in [-0.25, -0.2) is 4.98 Å². The van der Waals surface area contributed by atoms with Crippen LogP contribution in [0.5, 0.6) is 0 Å². The molecule has 6 heteroatoms. The number of benzene rings is 1. The zero-order chi connectivity index (χ0) is 18.7. The molecule has 6 nitrogen and oxygen atoms in total. The van der Waals surface area contributed by atoms with Crippen molar-refractivity contribution in [2.24, 2.45) is 0 Å². The fourth-order valence-corrected chi connectivity index (χ4v) is 2.77. The van der Waals surface area contributed by atoms with Gasteiger partial charge in [0.1, 0.15) is 5.82 Å². The van der Waals surface area contributed by atoms with Crippen LogP contribution in [0.3, 0.4) is 0 Å². The van der Waals surface area contributed by atoms with Crippen molar-refractivity contribution in [3.63, 3.8) is 0 Å². The van der Waals surface area contributed by atoms with Crippen LogP contribution < -0.4 is 10.9 Å². The lowest BCUT2D eigenvalue weighted by Gasteiger charge is -2.10. The van der Waals surface area contributed by atoms with Gasteiger partial charge in [0.25, 0.3) is 5.56 Å². The molecule has 1 aromatic carbocycles. The first-order chi connectivity index (χ1) is 12.4. The Labute approximate surface area is 151 Å². The standard InChI is InChI=1S/C20H20N4O2/c1-12-6-7-17(13(2)9-12)23-18(25)10-16-14(3)22-19(24-20(16)26)15-5-4-8-21-11-15/h4-9,11H,10H2,1-3H3,(H,23,25)(H,22,24,26). The summed E-state index contributed by atoms with van der Waals surface area (Å²) in [4.78, 5) is 36.0. The van der Waals surface area contributed by atoms with E-state index in [2.05, 4.69) is 20.3 Å². The lowest BCUT2D eigenvalue weighted by atomic mass is 10.1. The Morgan fingerprint density at radius 1 is 1.19 bits per heavy atom. The second-order valence-corrected chi connectivity index (χ2v) is 6.26. The molecule has 0 fully saturated rings. The molecule has 2 N–H and O–H groups in total. The van der Waals surface area contributed by atoms with Gasteiger partial charge in [-0.15, -0.1) is 0 Å². The monoisotopic (exact) mass is 348 g/mol. The van der Waals surface area contributed by atoms with Crippen LogP contribution in [0.4, 0.5) is 5.69 Å². The lowest BCUT2D eigenvalue weighted by molar-refractivity contribution is -0.115. The Balaban J connectivity index is 1.81. The number of aryl methyl sites for hydroxylation is 3. The first-order valence-electron chi connectivity index (χ1n) is 8.31. The van der Waals surface area contributed by atoms with E-state index in [1.54, 1.807) is 25.4 Å². The third-order valence-electron chi connectivity index (χ3n) is 4.15. The molecule has 3 rings (SSSR count). The van der Waals surface area contributed by atoms with Crippen molar-refractivity contribution in [2.45, 2.75) is 27.2 Å². The number of aromatic nitrogens is 3. The number of aromatic amines is 1. The highest BCUT2D eigenvalue weighted by molar-refractivity contribution is 5.93. The van der Waals surface area contributed by atoms with Gasteiger partial charge >= 0.3 is 0 Å². The van der Waals surface area contributed by atoms with E-state index in [1.165, 1.54) is 0 Å². The Morgan fingerprint density at radius 2 is 2.00 bits per heavy atom. The van der Waals surface area contributed by atoms with E-state index in [1.807, 2.05) is 38.1 Å². The molecule has 1 amide bonds. The number of carbonyl (C=O) groups is 1. The highest BCUT2D eigenvalue weighted by atomic mass is 16.2. The van der Waals surface area contributed by atoms with Gasteiger partial charge in [0.2, 0.25) is 5.91 Å². The summed E-state index contributed by atoms with van der Waals surface area (Å²) in [5.74, 6) is 0.195. The van der Waals surface area contributed by atoms with E-state index in [4.69, 9.17) is 0 Å². The SMILES string of the molecule is Cc1ccc(NC(=O)Cc2c(C)nc(-c3cccnc3)[nH]c2=O)c(C)c1. The molecule has 0 aliphatic carbocycles. The number of H-pyrrole nitrogens is 1. The minimum absolute atomic E-state index is 0.0329. The van der Waals surface area contributed by atoms with Crippen LogP contribution in [-0.4, -0.2) is 20.9 Å². The van der Waals surface area contributed by atoms with Crippen LogP contribution >= 0.6 is 0 Å². The minimum atomic E-state index is -0.313. The van der Waals surface area contributed by atoms with Gasteiger partial charge in [0.15, 0.2) is 0 Å². The van der Waals surface area contributed by atoms with Crippen LogP contribution in [0.15, 0.2) is 47.5 Å². The van der Waals surface area contributed by atoms with Gasteiger partial charge in [-0.2, -0.15) is 0 Å². The normalized spacial score (nSPS) is 10.6. The largest absolute Gasteiger partial charge is 0.326 e. The van der Waals surface area contributed by atoms with Crippen molar-refractivity contribution < 1.29 is 4.79 Å². The first kappa shape index (κ1) is 17.5. The number of amides is 1. The summed E-state index contributed by atoms with van der Waals surface area (Å²) in [5, 5.41) is 2.86. The summed E-state index contributed by atoms with van der Waals surface area (Å²) < 4.78 is 0. The Morgan fingerprint density at radius 3 is 2.65 bits per heavy atom. The van der Waals surface area contributed by atoms with Crippen LogP contribution in [0.1, 0.15) is 22.4 Å². The first-order valence-corrected chi connectivity index (χ1v) is 8.31. The Hall–Kier alpha value is -3.28. The third kappa shape index (κ3) is 3.85. The topological polar surface area (TPSA) is 87.7 Å². The summed E-state index contributed by atoms with van der Waals surface area (Å²) in [6, 6.07) is 9.39. The van der Waals surface area contributed by atoms with E-state index >= 15 is 0 Å². The van der Waals surface area contributed by atoms with E-state index in [-0.39, 0.29) is 17.9 Å². The molecule has 0 radical (unpaired) electrons. The summed E-state index contributed by atoms with van der Waals surface area (Å²) in [6.45, 7) is 5.66. The van der Waals surface area contributed by atoms with Crippen molar-refractivity contribution in [3.8, 4) is 11.4 Å². The zero-order valence-corrected chi connectivity index (χ0v) is 15.0. The molecule has 2 heterocycles. The van der Waals surface area contributed by atoms with E-state index < -0.39 is 0 Å². The van der Waals surface area contributed by atoms with E-state index in [0.29, 0.717) is 17.1 Å². The fourth-order valence-electron chi connectivity index (χ4n) is 2.77. The number of nitrogens with one attached hydrogen (secondary N) is 2. The Kier molecular flexibility index (Phi) is 4.93. The van der Waals surface area contributed by atoms with Gasteiger partial charge in [-0.1, -0.05) is 17.7 Å². The third-order valence-corrected chi connectivity index (χ3v) is 4.15. The fraction of sp³-hybridized carbons (Fsp3) is 0.200. The molecule has 0 atom stereocenters. The van der Waals surface area contributed by atoms with Crippen molar-refractivity contribution >= 4 is 11.6 Å². The molecule has 0 saturated heterocycles. The van der Waals surface area contributed by atoms with E-state index in [9.17, 15) is 9.59 Å². The summed E-state index contributed by atoms with van der Waals surface area (Å²) in [5.41, 5.74) is 4.15. The number of hydrogen-bond donors (Lipinski definition) is 2. The van der Waals surface area contributed by atoms with Gasteiger partial charge in [0.05, 0.1) is 6.42 Å². The van der Waals surface area contributed by atoms with Gasteiger partial charge in [0, 0.05) is 34.9 Å². The zero-order valence-electron chi connectivity index (χ0n) is 15.0. The molecule has 0 bridgehead atoms. The van der Waals surface area contributed by atoms with Crippen molar-refractivity contribution in [3.05, 3.63) is 75.5 Å². The van der Waals surface area contributed by atoms with Crippen molar-refractivity contribution in [1.29, 1.82) is 0 Å². The quantitative estimate of drug-likeness (QED) is 0.759. The predicted octanol–water partition coefficient (Wildman–Crippen LogP) is 2.94. The van der Waals surface area contributed by atoms with Gasteiger partial charge in [-0.05, 0) is 44.5 Å². The molecule has 0 saturated carbocycles.